The summed E-state index contributed by atoms with van der Waals surface area (Å²) in [6.45, 7) is 6.65. The fourth-order valence-electron chi connectivity index (χ4n) is 1.83. The van der Waals surface area contributed by atoms with E-state index in [1.54, 1.807) is 14.0 Å². The van der Waals surface area contributed by atoms with Crippen molar-refractivity contribution in [1.29, 1.82) is 0 Å². The minimum atomic E-state index is -2.36. The van der Waals surface area contributed by atoms with Crippen LogP contribution in [0.2, 0.25) is 0 Å². The molecular formula is C17H28N3O3PS3. The molecule has 0 heterocycles. The molecule has 0 spiro atoms. The van der Waals surface area contributed by atoms with E-state index in [1.165, 1.54) is 28.2 Å². The quantitative estimate of drug-likeness (QED) is 0.111. The van der Waals surface area contributed by atoms with Crippen molar-refractivity contribution >= 4 is 53.3 Å². The van der Waals surface area contributed by atoms with Crippen LogP contribution in [0.4, 0.5) is 4.79 Å². The molecular weight excluding hydrogens is 421 g/mol. The van der Waals surface area contributed by atoms with E-state index in [-0.39, 0.29) is 0 Å². The lowest BCUT2D eigenvalue weighted by Crippen LogP contribution is -2.28. The SMILES string of the molecule is CCCCN(SN(C)C(=O)ON=C(C)SC)P(=S)(CC)Oc1ccccc1. The third-order valence-electron chi connectivity index (χ3n) is 3.46. The number of thioether (sulfide) groups is 1. The molecule has 27 heavy (non-hydrogen) atoms. The Labute approximate surface area is 176 Å². The lowest BCUT2D eigenvalue weighted by molar-refractivity contribution is 0.137. The zero-order chi connectivity index (χ0) is 20.3. The summed E-state index contributed by atoms with van der Waals surface area (Å²) in [7, 11) is 1.65. The number of hydrogen-bond donors (Lipinski definition) is 0. The third kappa shape index (κ3) is 8.44. The lowest BCUT2D eigenvalue weighted by Gasteiger charge is -2.34. The molecule has 10 heteroatoms. The second-order valence-corrected chi connectivity index (χ2v) is 12.2. The zero-order valence-corrected chi connectivity index (χ0v) is 19.8. The number of oxime groups is 1. The van der Waals surface area contributed by atoms with Gasteiger partial charge in [0, 0.05) is 19.8 Å². The van der Waals surface area contributed by atoms with Crippen LogP contribution in [0, 0.1) is 0 Å². The predicted molar refractivity (Wildman–Crippen MR) is 122 cm³/mol. The van der Waals surface area contributed by atoms with Crippen LogP contribution in [-0.2, 0) is 16.6 Å². The van der Waals surface area contributed by atoms with Gasteiger partial charge in [0.15, 0.2) is 6.42 Å². The molecule has 0 saturated heterocycles. The number of amides is 1. The lowest BCUT2D eigenvalue weighted by atomic mass is 10.3. The smallest absolute Gasteiger partial charge is 0.446 e. The Morgan fingerprint density at radius 1 is 1.30 bits per heavy atom. The average molecular weight is 450 g/mol. The maximum atomic E-state index is 12.2. The van der Waals surface area contributed by atoms with Crippen LogP contribution in [0.15, 0.2) is 35.5 Å². The second-order valence-electron chi connectivity index (χ2n) is 5.54. The molecule has 0 aromatic heterocycles. The van der Waals surface area contributed by atoms with Crippen LogP contribution in [0.3, 0.4) is 0 Å². The van der Waals surface area contributed by atoms with Gasteiger partial charge in [0.25, 0.3) is 0 Å². The Morgan fingerprint density at radius 2 is 1.96 bits per heavy atom. The summed E-state index contributed by atoms with van der Waals surface area (Å²) >= 11 is 8.59. The largest absolute Gasteiger partial charge is 0.452 e. The topological polar surface area (TPSA) is 54.4 Å². The summed E-state index contributed by atoms with van der Waals surface area (Å²) in [5, 5.41) is 4.47. The molecule has 0 bridgehead atoms. The van der Waals surface area contributed by atoms with Gasteiger partial charge in [-0.15, -0.1) is 11.8 Å². The number of hydrogen-bond acceptors (Lipinski definition) is 7. The van der Waals surface area contributed by atoms with E-state index in [1.807, 2.05) is 47.6 Å². The van der Waals surface area contributed by atoms with Crippen molar-refractivity contribution in [3.8, 4) is 5.75 Å². The van der Waals surface area contributed by atoms with E-state index in [0.29, 0.717) is 11.2 Å². The fraction of sp³-hybridized carbons (Fsp3) is 0.529. The zero-order valence-electron chi connectivity index (χ0n) is 16.5. The normalized spacial score (nSPS) is 13.9. The summed E-state index contributed by atoms with van der Waals surface area (Å²) in [4.78, 5) is 17.2. The van der Waals surface area contributed by atoms with Crippen molar-refractivity contribution in [3.05, 3.63) is 30.3 Å². The number of para-hydroxylation sites is 1. The van der Waals surface area contributed by atoms with Gasteiger partial charge in [-0.05, 0) is 43.5 Å². The molecule has 1 rings (SSSR count). The van der Waals surface area contributed by atoms with Crippen LogP contribution >= 0.6 is 30.3 Å². The Morgan fingerprint density at radius 3 is 2.52 bits per heavy atom. The molecule has 0 aliphatic carbocycles. The highest BCUT2D eigenvalue weighted by Crippen LogP contribution is 2.54. The van der Waals surface area contributed by atoms with Crippen molar-refractivity contribution < 1.29 is 14.2 Å². The maximum Gasteiger partial charge on any atom is 0.446 e. The fourth-order valence-corrected chi connectivity index (χ4v) is 5.96. The molecule has 1 unspecified atom stereocenters. The van der Waals surface area contributed by atoms with Crippen LogP contribution in [0.5, 0.6) is 5.75 Å². The highest BCUT2D eigenvalue weighted by molar-refractivity contribution is 8.17. The Hall–Kier alpha value is -0.730. The number of benzene rings is 1. The Kier molecular flexibility index (Phi) is 11.4. The van der Waals surface area contributed by atoms with Crippen LogP contribution in [0.1, 0.15) is 33.6 Å². The van der Waals surface area contributed by atoms with Crippen molar-refractivity contribution in [2.24, 2.45) is 5.16 Å². The van der Waals surface area contributed by atoms with Gasteiger partial charge in [-0.3, -0.25) is 4.84 Å². The van der Waals surface area contributed by atoms with Crippen LogP contribution in [0.25, 0.3) is 0 Å². The van der Waals surface area contributed by atoms with Gasteiger partial charge in [0.1, 0.15) is 10.8 Å². The van der Waals surface area contributed by atoms with E-state index in [4.69, 9.17) is 21.2 Å². The summed E-state index contributed by atoms with van der Waals surface area (Å²) < 4.78 is 9.65. The minimum absolute atomic E-state index is 0.549. The molecule has 1 atom stereocenters. The van der Waals surface area contributed by atoms with Gasteiger partial charge in [-0.1, -0.05) is 43.6 Å². The van der Waals surface area contributed by atoms with E-state index in [2.05, 4.69) is 12.1 Å². The number of carbonyl (C=O) groups excluding carboxylic acids is 1. The van der Waals surface area contributed by atoms with Crippen molar-refractivity contribution in [2.45, 2.75) is 33.6 Å². The molecule has 0 N–H and O–H groups in total. The minimum Gasteiger partial charge on any atom is -0.452 e. The van der Waals surface area contributed by atoms with Crippen LogP contribution < -0.4 is 4.52 Å². The van der Waals surface area contributed by atoms with Gasteiger partial charge >= 0.3 is 6.09 Å². The monoisotopic (exact) mass is 449 g/mol. The molecule has 0 aliphatic heterocycles. The van der Waals surface area contributed by atoms with Gasteiger partial charge in [0.2, 0.25) is 0 Å². The number of nitrogens with zero attached hydrogens (tertiary/aromatic N) is 3. The first-order valence-corrected chi connectivity index (χ1v) is 13.5. The molecule has 0 fully saturated rings. The molecule has 0 aliphatic rings. The predicted octanol–water partition coefficient (Wildman–Crippen LogP) is 5.82. The van der Waals surface area contributed by atoms with E-state index < -0.39 is 12.5 Å². The number of carbonyl (C=O) groups is 1. The third-order valence-corrected chi connectivity index (χ3v) is 9.97. The molecule has 6 nitrogen and oxygen atoms in total. The van der Waals surface area contributed by atoms with Gasteiger partial charge in [0.05, 0.1) is 12.1 Å². The molecule has 0 radical (unpaired) electrons. The standard InChI is InChI=1S/C17H28N3O3PS3/c1-6-8-14-20(27-19(4)17(21)22-18-15(3)26-5)24(25,7-2)23-16-12-10-9-11-13-16/h9-13H,6-8,14H2,1-5H3. The number of rotatable bonds is 10. The van der Waals surface area contributed by atoms with E-state index in [0.717, 1.165) is 25.1 Å². The van der Waals surface area contributed by atoms with Crippen molar-refractivity contribution in [2.75, 3.05) is 26.0 Å². The highest BCUT2D eigenvalue weighted by Gasteiger charge is 2.30. The van der Waals surface area contributed by atoms with Crippen molar-refractivity contribution in [1.82, 2.24) is 8.38 Å². The Bertz CT molecular complexity index is 661. The number of unbranched alkanes of at least 4 members (excludes halogenated alkanes) is 1. The highest BCUT2D eigenvalue weighted by atomic mass is 32.5. The first-order valence-electron chi connectivity index (χ1n) is 8.69. The molecule has 0 saturated carbocycles. The van der Waals surface area contributed by atoms with Gasteiger partial charge in [-0.2, -0.15) is 4.08 Å². The maximum absolute atomic E-state index is 12.2. The van der Waals surface area contributed by atoms with E-state index >= 15 is 0 Å². The molecule has 152 valence electrons. The molecule has 1 amide bonds. The second kappa shape index (κ2) is 12.7. The van der Waals surface area contributed by atoms with Gasteiger partial charge < -0.3 is 4.52 Å². The average Bonchev–Trinajstić information content (AvgIpc) is 2.69. The summed E-state index contributed by atoms with van der Waals surface area (Å²) in [5.74, 6) is 0.746. The summed E-state index contributed by atoms with van der Waals surface area (Å²) in [5.41, 5.74) is 0. The first-order chi connectivity index (χ1) is 12.9. The van der Waals surface area contributed by atoms with Gasteiger partial charge in [-0.25, -0.2) is 9.10 Å². The Balaban J connectivity index is 2.91. The van der Waals surface area contributed by atoms with E-state index in [9.17, 15) is 4.79 Å². The first kappa shape index (κ1) is 24.3. The molecule has 1 aromatic carbocycles. The van der Waals surface area contributed by atoms with Crippen LogP contribution in [-0.4, -0.2) is 45.5 Å². The van der Waals surface area contributed by atoms with Crippen molar-refractivity contribution in [3.63, 3.8) is 0 Å². The molecule has 1 aromatic rings. The summed E-state index contributed by atoms with van der Waals surface area (Å²) in [6.07, 6.45) is 1.62. The summed E-state index contributed by atoms with van der Waals surface area (Å²) in [6, 6.07) is 9.58.